The van der Waals surface area contributed by atoms with Gasteiger partial charge in [-0.2, -0.15) is 4.31 Å². The van der Waals surface area contributed by atoms with Gasteiger partial charge in [-0.25, -0.2) is 13.4 Å². The summed E-state index contributed by atoms with van der Waals surface area (Å²) in [5.74, 6) is 0.924. The zero-order valence-corrected chi connectivity index (χ0v) is 26.9. The zero-order valence-electron chi connectivity index (χ0n) is 26.1. The van der Waals surface area contributed by atoms with Crippen LogP contribution in [-0.2, 0) is 32.6 Å². The highest BCUT2D eigenvalue weighted by Crippen LogP contribution is 2.32. The smallest absolute Gasteiger partial charge is 0.276 e. The van der Waals surface area contributed by atoms with Crippen LogP contribution in [0.4, 0.5) is 0 Å². The van der Waals surface area contributed by atoms with E-state index in [9.17, 15) is 18.0 Å². The molecule has 1 aliphatic rings. The number of nitrogens with zero attached hydrogens (tertiary/aromatic N) is 4. The van der Waals surface area contributed by atoms with E-state index in [4.69, 9.17) is 18.4 Å². The van der Waals surface area contributed by atoms with Gasteiger partial charge in [0.2, 0.25) is 22.7 Å². The van der Waals surface area contributed by atoms with Crippen LogP contribution in [0.1, 0.15) is 12.0 Å². The third-order valence-electron chi connectivity index (χ3n) is 7.71. The van der Waals surface area contributed by atoms with Gasteiger partial charge in [-0.05, 0) is 42.3 Å². The van der Waals surface area contributed by atoms with Gasteiger partial charge in [-0.3, -0.25) is 9.59 Å². The first kappa shape index (κ1) is 32.5. The number of aromatic nitrogens is 3. The van der Waals surface area contributed by atoms with E-state index >= 15 is 0 Å². The van der Waals surface area contributed by atoms with Crippen molar-refractivity contribution in [1.29, 1.82) is 0 Å². The monoisotopic (exact) mass is 674 g/mol. The lowest BCUT2D eigenvalue weighted by Gasteiger charge is -2.23. The van der Waals surface area contributed by atoms with Crippen molar-refractivity contribution in [3.8, 4) is 34.4 Å². The first-order valence-electron chi connectivity index (χ1n) is 15.3. The number of fused-ring (bicyclic) bond motifs is 4. The van der Waals surface area contributed by atoms with Crippen LogP contribution in [0, 0.1) is 0 Å². The Morgan fingerprint density at radius 2 is 1.85 bits per heavy atom. The molecule has 0 spiro atoms. The third-order valence-corrected chi connectivity index (χ3v) is 9.43. The topological polar surface area (TPSA) is 171 Å². The van der Waals surface area contributed by atoms with Crippen LogP contribution in [0.15, 0.2) is 99.4 Å². The summed E-state index contributed by atoms with van der Waals surface area (Å²) in [5, 5.41) is 8.92. The Morgan fingerprint density at radius 3 is 2.65 bits per heavy atom. The largest absolute Gasteiger partial charge is 0.493 e. The minimum atomic E-state index is -4.33. The van der Waals surface area contributed by atoms with Crippen molar-refractivity contribution in [1.82, 2.24) is 29.6 Å². The minimum absolute atomic E-state index is 0.0996. The Hall–Kier alpha value is -5.41. The molecule has 48 heavy (non-hydrogen) atoms. The van der Waals surface area contributed by atoms with Gasteiger partial charge in [0.05, 0.1) is 26.5 Å². The van der Waals surface area contributed by atoms with Crippen molar-refractivity contribution in [2.75, 3.05) is 33.4 Å². The SMILES string of the molecule is COc1ccc2cc1OCCCN(S(=O)(=O)c1ccc(-c3ccno3)o1)CC(=O)N[C@@H](Cc1ccccc1)C(=O)NCCn1ccnc1-2. The molecule has 2 bridgehead atoms. The number of nitrogens with one attached hydrogen (secondary N) is 2. The lowest BCUT2D eigenvalue weighted by atomic mass is 10.1. The molecule has 5 aromatic rings. The fourth-order valence-corrected chi connectivity index (χ4v) is 6.68. The van der Waals surface area contributed by atoms with E-state index in [0.717, 1.165) is 15.4 Å². The molecule has 4 heterocycles. The predicted octanol–water partition coefficient (Wildman–Crippen LogP) is 3.12. The summed E-state index contributed by atoms with van der Waals surface area (Å²) < 4.78 is 52.9. The number of carbonyl (C=O) groups excluding carboxylic acids is 2. The molecule has 0 aliphatic carbocycles. The van der Waals surface area contributed by atoms with E-state index in [1.165, 1.54) is 31.5 Å². The Bertz CT molecular complexity index is 1960. The van der Waals surface area contributed by atoms with E-state index in [0.29, 0.717) is 23.9 Å². The van der Waals surface area contributed by atoms with Crippen LogP contribution in [-0.4, -0.2) is 78.6 Å². The second-order valence-electron chi connectivity index (χ2n) is 10.9. The van der Waals surface area contributed by atoms with Gasteiger partial charge >= 0.3 is 0 Å². The fraction of sp³-hybridized carbons (Fsp3) is 0.273. The summed E-state index contributed by atoms with van der Waals surface area (Å²) in [5.41, 5.74) is 1.59. The molecule has 0 radical (unpaired) electrons. The summed E-state index contributed by atoms with van der Waals surface area (Å²) in [6, 6.07) is 18.0. The number of sulfonamides is 1. The standard InChI is InChI=1S/C33H34N6O8S/c1-44-26-9-8-24-21-29(26)45-19-5-16-39(48(42,43)31-11-10-27(46-31)28-12-13-36-47-28)22-30(40)37-25(20-23-6-3-2-4-7-23)33(41)35-15-18-38-17-14-34-32(24)38/h2-4,6-14,17,21,25H,5,15-16,18-20,22H2,1H3,(H,35,41)(H,37,40)/t25-/m0/s1. The highest BCUT2D eigenvalue weighted by atomic mass is 32.2. The lowest BCUT2D eigenvalue weighted by molar-refractivity contribution is -0.129. The molecule has 2 N–H and O–H groups in total. The average Bonchev–Trinajstić information content (AvgIpc) is 3.88. The Labute approximate surface area is 276 Å². The number of methoxy groups -OCH3 is 1. The van der Waals surface area contributed by atoms with Gasteiger partial charge in [0.1, 0.15) is 11.9 Å². The molecule has 0 saturated heterocycles. The van der Waals surface area contributed by atoms with Crippen molar-refractivity contribution in [3.63, 3.8) is 0 Å². The third kappa shape index (κ3) is 7.42. The Morgan fingerprint density at radius 1 is 1.00 bits per heavy atom. The molecule has 0 unspecified atom stereocenters. The number of amides is 2. The number of carbonyl (C=O) groups is 2. The molecule has 2 aromatic carbocycles. The molecule has 15 heteroatoms. The maximum absolute atomic E-state index is 13.9. The number of rotatable bonds is 6. The van der Waals surface area contributed by atoms with Crippen LogP contribution >= 0.6 is 0 Å². The van der Waals surface area contributed by atoms with Gasteiger partial charge in [0.15, 0.2) is 17.3 Å². The zero-order chi connectivity index (χ0) is 33.5. The molecule has 2 amide bonds. The van der Waals surface area contributed by atoms with E-state index in [2.05, 4.69) is 20.8 Å². The first-order chi connectivity index (χ1) is 23.3. The summed E-state index contributed by atoms with van der Waals surface area (Å²) in [6.07, 6.45) is 5.30. The summed E-state index contributed by atoms with van der Waals surface area (Å²) in [4.78, 5) is 31.5. The van der Waals surface area contributed by atoms with Gasteiger partial charge in [0, 0.05) is 50.1 Å². The van der Waals surface area contributed by atoms with Crippen molar-refractivity contribution in [3.05, 3.63) is 90.9 Å². The van der Waals surface area contributed by atoms with Crippen LogP contribution in [0.2, 0.25) is 0 Å². The molecule has 0 fully saturated rings. The maximum Gasteiger partial charge on any atom is 0.276 e. The maximum atomic E-state index is 13.9. The quantitative estimate of drug-likeness (QED) is 0.273. The molecule has 14 nitrogen and oxygen atoms in total. The summed E-state index contributed by atoms with van der Waals surface area (Å²) >= 11 is 0. The number of imidazole rings is 1. The number of benzene rings is 2. The van der Waals surface area contributed by atoms with Crippen LogP contribution in [0.25, 0.3) is 22.9 Å². The number of hydrogen-bond acceptors (Lipinski definition) is 10. The molecule has 0 saturated carbocycles. The van der Waals surface area contributed by atoms with Gasteiger partial charge < -0.3 is 33.6 Å². The van der Waals surface area contributed by atoms with Gasteiger partial charge in [-0.1, -0.05) is 35.5 Å². The Kier molecular flexibility index (Phi) is 9.87. The van der Waals surface area contributed by atoms with E-state index in [1.807, 2.05) is 47.2 Å². The number of furan rings is 1. The van der Waals surface area contributed by atoms with Crippen molar-refractivity contribution >= 4 is 21.8 Å². The average molecular weight is 675 g/mol. The van der Waals surface area contributed by atoms with Crippen molar-refractivity contribution < 1.29 is 36.4 Å². The molecular weight excluding hydrogens is 640 g/mol. The predicted molar refractivity (Wildman–Crippen MR) is 172 cm³/mol. The molecule has 1 atom stereocenters. The van der Waals surface area contributed by atoms with Gasteiger partial charge in [0.25, 0.3) is 10.0 Å². The second kappa shape index (κ2) is 14.6. The normalized spacial score (nSPS) is 16.9. The summed E-state index contributed by atoms with van der Waals surface area (Å²) in [6.45, 7) is 0.0742. The molecule has 3 aromatic heterocycles. The molecule has 250 valence electrons. The van der Waals surface area contributed by atoms with Gasteiger partial charge in [-0.15, -0.1) is 0 Å². The van der Waals surface area contributed by atoms with E-state index in [1.54, 1.807) is 18.3 Å². The molecule has 1 aliphatic heterocycles. The van der Waals surface area contributed by atoms with Crippen molar-refractivity contribution in [2.24, 2.45) is 0 Å². The minimum Gasteiger partial charge on any atom is -0.493 e. The highest BCUT2D eigenvalue weighted by molar-refractivity contribution is 7.89. The second-order valence-corrected chi connectivity index (χ2v) is 12.8. The first-order valence-corrected chi connectivity index (χ1v) is 16.7. The van der Waals surface area contributed by atoms with Crippen LogP contribution in [0.3, 0.4) is 0 Å². The van der Waals surface area contributed by atoms with Crippen molar-refractivity contribution in [2.45, 2.75) is 30.5 Å². The summed E-state index contributed by atoms with van der Waals surface area (Å²) in [7, 11) is -2.80. The highest BCUT2D eigenvalue weighted by Gasteiger charge is 2.31. The molecule has 6 rings (SSSR count). The Balaban J connectivity index is 1.31. The van der Waals surface area contributed by atoms with E-state index in [-0.39, 0.29) is 49.2 Å². The van der Waals surface area contributed by atoms with Crippen LogP contribution in [0.5, 0.6) is 11.5 Å². The van der Waals surface area contributed by atoms with E-state index < -0.39 is 34.4 Å². The number of hydrogen-bond donors (Lipinski definition) is 2. The van der Waals surface area contributed by atoms with Crippen LogP contribution < -0.4 is 20.1 Å². The molecular formula is C33H34N6O8S. The number of ether oxygens (including phenoxy) is 2. The lowest BCUT2D eigenvalue weighted by Crippen LogP contribution is -2.51. The fourth-order valence-electron chi connectivity index (χ4n) is 5.33.